The molecule has 1 N–H and O–H groups in total. The Morgan fingerprint density at radius 2 is 1.96 bits per heavy atom. The van der Waals surface area contributed by atoms with Crippen LogP contribution in [0.1, 0.15) is 33.5 Å². The molecule has 0 heterocycles. The molecule has 4 nitrogen and oxygen atoms in total. The molecule has 0 spiro atoms. The highest BCUT2D eigenvalue weighted by Crippen LogP contribution is 2.30. The van der Waals surface area contributed by atoms with E-state index in [2.05, 4.69) is 5.32 Å². The van der Waals surface area contributed by atoms with Crippen LogP contribution in [0.25, 0.3) is 0 Å². The van der Waals surface area contributed by atoms with E-state index < -0.39 is 0 Å². The Balaban J connectivity index is 1.64. The first-order valence-corrected chi connectivity index (χ1v) is 7.69. The molecular formula is C19H19NO3. The van der Waals surface area contributed by atoms with E-state index in [1.54, 1.807) is 12.1 Å². The van der Waals surface area contributed by atoms with Gasteiger partial charge in [-0.05, 0) is 49.6 Å². The third-order valence-electron chi connectivity index (χ3n) is 4.18. The van der Waals surface area contributed by atoms with Crippen LogP contribution in [0.5, 0.6) is 5.75 Å². The van der Waals surface area contributed by atoms with Gasteiger partial charge < -0.3 is 10.1 Å². The fourth-order valence-corrected chi connectivity index (χ4v) is 2.75. The van der Waals surface area contributed by atoms with Crippen molar-refractivity contribution >= 4 is 17.4 Å². The van der Waals surface area contributed by atoms with E-state index in [4.69, 9.17) is 4.74 Å². The number of carbonyl (C=O) groups excluding carboxylic acids is 2. The van der Waals surface area contributed by atoms with Crippen LogP contribution in [0.3, 0.4) is 0 Å². The van der Waals surface area contributed by atoms with Crippen LogP contribution in [0, 0.1) is 13.8 Å². The largest absolute Gasteiger partial charge is 0.483 e. The van der Waals surface area contributed by atoms with Gasteiger partial charge in [0.1, 0.15) is 5.75 Å². The summed E-state index contributed by atoms with van der Waals surface area (Å²) in [5, 5.41) is 2.83. The van der Waals surface area contributed by atoms with Gasteiger partial charge in [-0.25, -0.2) is 0 Å². The number of rotatable bonds is 4. The molecule has 0 radical (unpaired) electrons. The number of Topliss-reactive ketones (excluding diaryl/α,β-unsaturated/α-hetero) is 1. The third kappa shape index (κ3) is 3.26. The maximum Gasteiger partial charge on any atom is 0.262 e. The van der Waals surface area contributed by atoms with Crippen LogP contribution in [-0.2, 0) is 11.2 Å². The van der Waals surface area contributed by atoms with E-state index in [9.17, 15) is 9.59 Å². The molecule has 3 rings (SSSR count). The Kier molecular flexibility index (Phi) is 4.15. The molecule has 23 heavy (non-hydrogen) atoms. The highest BCUT2D eigenvalue weighted by molar-refractivity contribution is 6.01. The number of ketones is 1. The Morgan fingerprint density at radius 1 is 1.13 bits per heavy atom. The first kappa shape index (κ1) is 15.3. The number of hydrogen-bond donors (Lipinski definition) is 1. The van der Waals surface area contributed by atoms with Gasteiger partial charge in [-0.3, -0.25) is 9.59 Å². The van der Waals surface area contributed by atoms with E-state index in [0.29, 0.717) is 18.6 Å². The molecule has 0 saturated heterocycles. The second-order valence-corrected chi connectivity index (χ2v) is 5.84. The van der Waals surface area contributed by atoms with E-state index in [-0.39, 0.29) is 18.3 Å². The van der Waals surface area contributed by atoms with Gasteiger partial charge in [0.2, 0.25) is 0 Å². The highest BCUT2D eigenvalue weighted by Gasteiger charge is 2.22. The number of aryl methyl sites for hydroxylation is 2. The van der Waals surface area contributed by atoms with Crippen molar-refractivity contribution < 1.29 is 14.3 Å². The van der Waals surface area contributed by atoms with Crippen LogP contribution in [0.4, 0.5) is 5.69 Å². The first-order valence-electron chi connectivity index (χ1n) is 7.69. The van der Waals surface area contributed by atoms with E-state index in [1.807, 2.05) is 38.1 Å². The summed E-state index contributed by atoms with van der Waals surface area (Å²) in [4.78, 5) is 23.8. The Hall–Kier alpha value is -2.62. The van der Waals surface area contributed by atoms with Crippen LogP contribution >= 0.6 is 0 Å². The summed E-state index contributed by atoms with van der Waals surface area (Å²) in [5.41, 5.74) is 4.70. The van der Waals surface area contributed by atoms with Crippen molar-refractivity contribution in [1.82, 2.24) is 0 Å². The Bertz CT molecular complexity index is 780. The minimum atomic E-state index is -0.213. The van der Waals surface area contributed by atoms with Gasteiger partial charge in [-0.15, -0.1) is 0 Å². The van der Waals surface area contributed by atoms with E-state index in [0.717, 1.165) is 22.4 Å². The van der Waals surface area contributed by atoms with Crippen LogP contribution in [0.15, 0.2) is 36.4 Å². The predicted octanol–water partition coefficient (Wildman–Crippen LogP) is 3.45. The molecule has 1 amide bonds. The maximum absolute atomic E-state index is 12.0. The molecule has 0 aliphatic heterocycles. The fraction of sp³-hybridized carbons (Fsp3) is 0.263. The molecular weight excluding hydrogens is 290 g/mol. The lowest BCUT2D eigenvalue weighted by atomic mass is 10.1. The molecule has 4 heteroatoms. The average Bonchev–Trinajstić information content (AvgIpc) is 2.91. The van der Waals surface area contributed by atoms with Gasteiger partial charge in [0.15, 0.2) is 12.4 Å². The zero-order valence-corrected chi connectivity index (χ0v) is 13.3. The lowest BCUT2D eigenvalue weighted by Gasteiger charge is -2.11. The second kappa shape index (κ2) is 6.24. The molecule has 1 aliphatic rings. The highest BCUT2D eigenvalue weighted by atomic mass is 16.5. The third-order valence-corrected chi connectivity index (χ3v) is 4.18. The quantitative estimate of drug-likeness (QED) is 0.941. The molecule has 0 bridgehead atoms. The van der Waals surface area contributed by atoms with Gasteiger partial charge in [-0.2, -0.15) is 0 Å². The van der Waals surface area contributed by atoms with Gasteiger partial charge in [0, 0.05) is 23.2 Å². The van der Waals surface area contributed by atoms with Gasteiger partial charge in [0.05, 0.1) is 0 Å². The van der Waals surface area contributed by atoms with Crippen molar-refractivity contribution in [2.75, 3.05) is 11.9 Å². The summed E-state index contributed by atoms with van der Waals surface area (Å²) in [6, 6.07) is 11.2. The number of ether oxygens (including phenoxy) is 1. The van der Waals surface area contributed by atoms with Crippen molar-refractivity contribution in [1.29, 1.82) is 0 Å². The number of amides is 1. The minimum absolute atomic E-state index is 0.0719. The number of nitrogens with one attached hydrogen (secondary N) is 1. The van der Waals surface area contributed by atoms with Crippen molar-refractivity contribution in [2.45, 2.75) is 26.7 Å². The second-order valence-electron chi connectivity index (χ2n) is 5.84. The van der Waals surface area contributed by atoms with E-state index in [1.165, 1.54) is 5.56 Å². The monoisotopic (exact) mass is 309 g/mol. The molecule has 2 aromatic rings. The number of benzene rings is 2. The molecule has 0 atom stereocenters. The normalized spacial score (nSPS) is 12.9. The Labute approximate surface area is 135 Å². The van der Waals surface area contributed by atoms with Gasteiger partial charge in [-0.1, -0.05) is 18.2 Å². The van der Waals surface area contributed by atoms with Crippen molar-refractivity contribution in [3.63, 3.8) is 0 Å². The molecule has 0 unspecified atom stereocenters. The molecule has 0 fully saturated rings. The average molecular weight is 309 g/mol. The van der Waals surface area contributed by atoms with Gasteiger partial charge in [0.25, 0.3) is 5.91 Å². The summed E-state index contributed by atoms with van der Waals surface area (Å²) >= 11 is 0. The summed E-state index contributed by atoms with van der Waals surface area (Å²) in [7, 11) is 0. The van der Waals surface area contributed by atoms with Crippen LogP contribution in [-0.4, -0.2) is 18.3 Å². The molecule has 0 saturated carbocycles. The zero-order chi connectivity index (χ0) is 16.4. The zero-order valence-electron chi connectivity index (χ0n) is 13.3. The molecule has 1 aliphatic carbocycles. The summed E-state index contributed by atoms with van der Waals surface area (Å²) in [5.74, 6) is 0.559. The smallest absolute Gasteiger partial charge is 0.262 e. The SMILES string of the molecule is Cc1ccc(NC(=O)COc2cccc3c2CCC3=O)cc1C. The lowest BCUT2D eigenvalue weighted by molar-refractivity contribution is -0.118. The van der Waals surface area contributed by atoms with Crippen LogP contribution < -0.4 is 10.1 Å². The standard InChI is InChI=1S/C19H19NO3/c1-12-6-7-14(10-13(12)2)20-19(22)11-23-18-5-3-4-15-16(18)8-9-17(15)21/h3-7,10H,8-9,11H2,1-2H3,(H,20,22). The molecule has 0 aromatic heterocycles. The topological polar surface area (TPSA) is 55.4 Å². The van der Waals surface area contributed by atoms with Crippen LogP contribution in [0.2, 0.25) is 0 Å². The number of carbonyl (C=O) groups is 2. The number of hydrogen-bond acceptors (Lipinski definition) is 3. The van der Waals surface area contributed by atoms with Crippen molar-refractivity contribution in [3.8, 4) is 5.75 Å². The number of anilines is 1. The maximum atomic E-state index is 12.0. The summed E-state index contributed by atoms with van der Waals surface area (Å²) in [6.07, 6.45) is 1.20. The molecule has 2 aromatic carbocycles. The van der Waals surface area contributed by atoms with E-state index >= 15 is 0 Å². The predicted molar refractivity (Wildman–Crippen MR) is 89.1 cm³/mol. The van der Waals surface area contributed by atoms with Gasteiger partial charge >= 0.3 is 0 Å². The van der Waals surface area contributed by atoms with Crippen molar-refractivity contribution in [3.05, 3.63) is 58.7 Å². The summed E-state index contributed by atoms with van der Waals surface area (Å²) in [6.45, 7) is 3.96. The lowest BCUT2D eigenvalue weighted by Crippen LogP contribution is -2.20. The number of fused-ring (bicyclic) bond motifs is 1. The first-order chi connectivity index (χ1) is 11.0. The fourth-order valence-electron chi connectivity index (χ4n) is 2.75. The Morgan fingerprint density at radius 3 is 2.74 bits per heavy atom. The minimum Gasteiger partial charge on any atom is -0.483 e. The summed E-state index contributed by atoms with van der Waals surface area (Å²) < 4.78 is 5.62. The van der Waals surface area contributed by atoms with Crippen molar-refractivity contribution in [2.24, 2.45) is 0 Å². The molecule has 118 valence electrons.